The van der Waals surface area contributed by atoms with Gasteiger partial charge in [0, 0.05) is 17.3 Å². The second-order valence-electron chi connectivity index (χ2n) is 6.32. The number of hydrogen-bond acceptors (Lipinski definition) is 3. The Balaban J connectivity index is 1.74. The Labute approximate surface area is 157 Å². The standard InChI is InChI=1S/C23H20N2O2/c1-2-27-23(26)17-8-11-19(12-9-17)25-15-21(24)20-14-18(10-13-22(20)25)16-6-4-3-5-7-16/h3-15H,2,24H2,1H3. The molecule has 3 aromatic carbocycles. The monoisotopic (exact) mass is 356 g/mol. The summed E-state index contributed by atoms with van der Waals surface area (Å²) >= 11 is 0. The van der Waals surface area contributed by atoms with Gasteiger partial charge in [-0.25, -0.2) is 4.79 Å². The Morgan fingerprint density at radius 2 is 1.70 bits per heavy atom. The number of ether oxygens (including phenoxy) is 1. The number of nitrogen functional groups attached to an aromatic ring is 1. The van der Waals surface area contributed by atoms with Crippen LogP contribution in [0.2, 0.25) is 0 Å². The van der Waals surface area contributed by atoms with E-state index >= 15 is 0 Å². The van der Waals surface area contributed by atoms with E-state index in [4.69, 9.17) is 10.5 Å². The van der Waals surface area contributed by atoms with Gasteiger partial charge in [0.15, 0.2) is 0 Å². The van der Waals surface area contributed by atoms with Crippen LogP contribution in [0.15, 0.2) is 79.0 Å². The van der Waals surface area contributed by atoms with Gasteiger partial charge in [-0.3, -0.25) is 0 Å². The number of esters is 1. The van der Waals surface area contributed by atoms with Crippen molar-refractivity contribution in [2.45, 2.75) is 6.92 Å². The van der Waals surface area contributed by atoms with Crippen molar-refractivity contribution in [3.8, 4) is 16.8 Å². The molecule has 0 amide bonds. The van der Waals surface area contributed by atoms with E-state index in [0.29, 0.717) is 12.2 Å². The number of carbonyl (C=O) groups excluding carboxylic acids is 1. The molecule has 4 rings (SSSR count). The molecule has 27 heavy (non-hydrogen) atoms. The average Bonchev–Trinajstić information content (AvgIpc) is 3.05. The summed E-state index contributed by atoms with van der Waals surface area (Å²) in [5.74, 6) is -0.312. The molecule has 4 nitrogen and oxygen atoms in total. The quantitative estimate of drug-likeness (QED) is 0.520. The van der Waals surface area contributed by atoms with Crippen molar-refractivity contribution in [1.29, 1.82) is 0 Å². The number of benzene rings is 3. The van der Waals surface area contributed by atoms with Gasteiger partial charge in [-0.15, -0.1) is 0 Å². The first-order valence-corrected chi connectivity index (χ1v) is 8.91. The molecule has 0 aliphatic carbocycles. The molecule has 0 fully saturated rings. The summed E-state index contributed by atoms with van der Waals surface area (Å²) in [6.45, 7) is 2.16. The molecule has 0 saturated heterocycles. The number of fused-ring (bicyclic) bond motifs is 1. The molecule has 4 aromatic rings. The normalized spacial score (nSPS) is 10.9. The van der Waals surface area contributed by atoms with E-state index in [1.807, 2.05) is 41.1 Å². The summed E-state index contributed by atoms with van der Waals surface area (Å²) in [6, 6.07) is 23.9. The summed E-state index contributed by atoms with van der Waals surface area (Å²) in [7, 11) is 0. The van der Waals surface area contributed by atoms with E-state index < -0.39 is 0 Å². The number of rotatable bonds is 4. The van der Waals surface area contributed by atoms with E-state index in [9.17, 15) is 4.79 Å². The molecule has 2 N–H and O–H groups in total. The number of hydrogen-bond donors (Lipinski definition) is 1. The van der Waals surface area contributed by atoms with Gasteiger partial charge in [0.2, 0.25) is 0 Å². The lowest BCUT2D eigenvalue weighted by Crippen LogP contribution is -2.04. The number of nitrogens with zero attached hydrogens (tertiary/aromatic N) is 1. The van der Waals surface area contributed by atoms with Crippen molar-refractivity contribution in [2.75, 3.05) is 12.3 Å². The number of anilines is 1. The highest BCUT2D eigenvalue weighted by Gasteiger charge is 2.11. The van der Waals surface area contributed by atoms with Gasteiger partial charge in [-0.2, -0.15) is 0 Å². The van der Waals surface area contributed by atoms with Crippen LogP contribution < -0.4 is 5.73 Å². The maximum Gasteiger partial charge on any atom is 0.338 e. The largest absolute Gasteiger partial charge is 0.462 e. The van der Waals surface area contributed by atoms with Crippen molar-refractivity contribution in [1.82, 2.24) is 4.57 Å². The second-order valence-corrected chi connectivity index (χ2v) is 6.32. The molecule has 1 aromatic heterocycles. The average molecular weight is 356 g/mol. The number of carbonyl (C=O) groups is 1. The van der Waals surface area contributed by atoms with Gasteiger partial charge in [0.1, 0.15) is 0 Å². The van der Waals surface area contributed by atoms with Crippen molar-refractivity contribution >= 4 is 22.6 Å². The Bertz CT molecular complexity index is 1100. The van der Waals surface area contributed by atoms with Crippen molar-refractivity contribution in [3.63, 3.8) is 0 Å². The highest BCUT2D eigenvalue weighted by atomic mass is 16.5. The molecule has 1 heterocycles. The number of nitrogens with two attached hydrogens (primary N) is 1. The molecule has 0 aliphatic heterocycles. The SMILES string of the molecule is CCOC(=O)c1ccc(-n2cc(N)c3cc(-c4ccccc4)ccc32)cc1. The number of aromatic nitrogens is 1. The molecule has 0 saturated carbocycles. The van der Waals surface area contributed by atoms with Crippen LogP contribution in [0.25, 0.3) is 27.7 Å². The van der Waals surface area contributed by atoms with Gasteiger partial charge < -0.3 is 15.0 Å². The first-order chi connectivity index (χ1) is 13.2. The van der Waals surface area contributed by atoms with Crippen LogP contribution >= 0.6 is 0 Å². The van der Waals surface area contributed by atoms with Crippen LogP contribution in [0.3, 0.4) is 0 Å². The van der Waals surface area contributed by atoms with Gasteiger partial charge in [-0.05, 0) is 54.4 Å². The minimum atomic E-state index is -0.312. The Morgan fingerprint density at radius 1 is 0.963 bits per heavy atom. The molecule has 0 radical (unpaired) electrons. The zero-order valence-corrected chi connectivity index (χ0v) is 15.1. The van der Waals surface area contributed by atoms with Gasteiger partial charge in [0.05, 0.1) is 23.4 Å². The first kappa shape index (κ1) is 16.9. The lowest BCUT2D eigenvalue weighted by atomic mass is 10.0. The lowest BCUT2D eigenvalue weighted by molar-refractivity contribution is 0.0526. The van der Waals surface area contributed by atoms with Crippen molar-refractivity contribution in [2.24, 2.45) is 0 Å². The van der Waals surface area contributed by atoms with E-state index in [2.05, 4.69) is 30.3 Å². The van der Waals surface area contributed by atoms with E-state index in [1.54, 1.807) is 19.1 Å². The van der Waals surface area contributed by atoms with Gasteiger partial charge in [0.25, 0.3) is 0 Å². The predicted octanol–water partition coefficient (Wildman–Crippen LogP) is 5.06. The third-order valence-electron chi connectivity index (χ3n) is 4.60. The smallest absolute Gasteiger partial charge is 0.338 e. The van der Waals surface area contributed by atoms with Crippen LogP contribution in [-0.4, -0.2) is 17.1 Å². The van der Waals surface area contributed by atoms with Crippen LogP contribution in [0.4, 0.5) is 5.69 Å². The lowest BCUT2D eigenvalue weighted by Gasteiger charge is -2.08. The van der Waals surface area contributed by atoms with Crippen LogP contribution in [0.1, 0.15) is 17.3 Å². The molecule has 0 unspecified atom stereocenters. The van der Waals surface area contributed by atoms with Crippen LogP contribution in [-0.2, 0) is 4.74 Å². The molecular weight excluding hydrogens is 336 g/mol. The third-order valence-corrected chi connectivity index (χ3v) is 4.60. The zero-order chi connectivity index (χ0) is 18.8. The highest BCUT2D eigenvalue weighted by Crippen LogP contribution is 2.31. The topological polar surface area (TPSA) is 57.2 Å². The van der Waals surface area contributed by atoms with E-state index in [0.717, 1.165) is 33.4 Å². The molecule has 0 bridgehead atoms. The van der Waals surface area contributed by atoms with Gasteiger partial charge in [-0.1, -0.05) is 36.4 Å². The molecule has 0 aliphatic rings. The molecular formula is C23H20N2O2. The molecule has 0 atom stereocenters. The molecule has 0 spiro atoms. The third kappa shape index (κ3) is 3.17. The molecule has 134 valence electrons. The fourth-order valence-corrected chi connectivity index (χ4v) is 3.25. The summed E-state index contributed by atoms with van der Waals surface area (Å²) in [5, 5.41) is 1.01. The molecule has 4 heteroatoms. The fourth-order valence-electron chi connectivity index (χ4n) is 3.25. The van der Waals surface area contributed by atoms with E-state index in [1.165, 1.54) is 0 Å². The maximum absolute atomic E-state index is 11.8. The summed E-state index contributed by atoms with van der Waals surface area (Å²) in [6.07, 6.45) is 1.92. The Kier molecular flexibility index (Phi) is 4.38. The Hall–Kier alpha value is -3.53. The predicted molar refractivity (Wildman–Crippen MR) is 109 cm³/mol. The van der Waals surface area contributed by atoms with Crippen molar-refractivity contribution in [3.05, 3.63) is 84.6 Å². The second kappa shape index (κ2) is 7.00. The van der Waals surface area contributed by atoms with Crippen molar-refractivity contribution < 1.29 is 9.53 Å². The Morgan fingerprint density at radius 3 is 2.41 bits per heavy atom. The minimum Gasteiger partial charge on any atom is -0.462 e. The van der Waals surface area contributed by atoms with Crippen LogP contribution in [0.5, 0.6) is 0 Å². The maximum atomic E-state index is 11.8. The summed E-state index contributed by atoms with van der Waals surface area (Å²) in [5.41, 5.74) is 11.8. The summed E-state index contributed by atoms with van der Waals surface area (Å²) in [4.78, 5) is 11.8. The summed E-state index contributed by atoms with van der Waals surface area (Å²) < 4.78 is 7.07. The van der Waals surface area contributed by atoms with Crippen LogP contribution in [0, 0.1) is 0 Å². The minimum absolute atomic E-state index is 0.312. The van der Waals surface area contributed by atoms with Gasteiger partial charge >= 0.3 is 5.97 Å². The fraction of sp³-hybridized carbons (Fsp3) is 0.0870. The first-order valence-electron chi connectivity index (χ1n) is 8.91. The van der Waals surface area contributed by atoms with E-state index in [-0.39, 0.29) is 5.97 Å². The zero-order valence-electron chi connectivity index (χ0n) is 15.1. The highest BCUT2D eigenvalue weighted by molar-refractivity contribution is 5.96.